The summed E-state index contributed by atoms with van der Waals surface area (Å²) in [5.74, 6) is 1.56. The molecule has 1 aliphatic heterocycles. The van der Waals surface area contributed by atoms with Crippen molar-refractivity contribution in [1.29, 1.82) is 0 Å². The number of sulfone groups is 1. The number of thioether (sulfide) groups is 1. The Kier molecular flexibility index (Phi) is 5.74. The zero-order valence-electron chi connectivity index (χ0n) is 12.8. The molecule has 1 unspecified atom stereocenters. The van der Waals surface area contributed by atoms with E-state index >= 15 is 0 Å². The van der Waals surface area contributed by atoms with Crippen LogP contribution in [0.1, 0.15) is 23.7 Å². The maximum atomic E-state index is 12.7. The molecule has 5 nitrogen and oxygen atoms in total. The first kappa shape index (κ1) is 17.1. The number of hydrogen-bond donors (Lipinski definition) is 0. The monoisotopic (exact) mass is 343 g/mol. The van der Waals surface area contributed by atoms with Gasteiger partial charge in [0.05, 0.1) is 6.61 Å². The minimum absolute atomic E-state index is 0.252. The highest BCUT2D eigenvalue weighted by molar-refractivity contribution is 8.00. The van der Waals surface area contributed by atoms with Gasteiger partial charge in [-0.1, -0.05) is 13.0 Å². The lowest BCUT2D eigenvalue weighted by molar-refractivity contribution is 0.0749. The van der Waals surface area contributed by atoms with Gasteiger partial charge in [-0.05, 0) is 24.6 Å². The fourth-order valence-electron chi connectivity index (χ4n) is 2.27. The molecule has 1 aromatic rings. The van der Waals surface area contributed by atoms with E-state index in [0.29, 0.717) is 30.2 Å². The zero-order chi connectivity index (χ0) is 16.2. The molecule has 0 aromatic heterocycles. The molecule has 1 aliphatic rings. The molecule has 0 saturated carbocycles. The Morgan fingerprint density at radius 1 is 1.45 bits per heavy atom. The van der Waals surface area contributed by atoms with Crippen molar-refractivity contribution in [2.24, 2.45) is 0 Å². The number of rotatable bonds is 5. The van der Waals surface area contributed by atoms with E-state index in [1.54, 1.807) is 36.0 Å². The topological polar surface area (TPSA) is 63.7 Å². The highest BCUT2D eigenvalue weighted by Crippen LogP contribution is 2.23. The summed E-state index contributed by atoms with van der Waals surface area (Å²) in [7, 11) is -3.30. The molecular formula is C15H21NO4S2. The van der Waals surface area contributed by atoms with E-state index < -0.39 is 15.2 Å². The average Bonchev–Trinajstić information content (AvgIpc) is 2.51. The van der Waals surface area contributed by atoms with Gasteiger partial charge in [-0.25, -0.2) is 8.42 Å². The van der Waals surface area contributed by atoms with Gasteiger partial charge in [0.15, 0.2) is 9.84 Å². The fraction of sp³-hybridized carbons (Fsp3) is 0.533. The quantitative estimate of drug-likeness (QED) is 0.818. The number of ether oxygens (including phenoxy) is 1. The van der Waals surface area contributed by atoms with Crippen molar-refractivity contribution >= 4 is 27.5 Å². The minimum Gasteiger partial charge on any atom is -0.494 e. The predicted octanol–water partition coefficient (Wildman–Crippen LogP) is 2.04. The summed E-state index contributed by atoms with van der Waals surface area (Å²) >= 11 is 1.56. The third-order valence-electron chi connectivity index (χ3n) is 3.39. The van der Waals surface area contributed by atoms with Gasteiger partial charge in [0.25, 0.3) is 5.91 Å². The first-order valence-corrected chi connectivity index (χ1v) is 10.3. The van der Waals surface area contributed by atoms with Gasteiger partial charge >= 0.3 is 0 Å². The number of amides is 1. The van der Waals surface area contributed by atoms with E-state index in [-0.39, 0.29) is 5.91 Å². The molecule has 1 amide bonds. The smallest absolute Gasteiger partial charge is 0.255 e. The molecule has 0 spiro atoms. The second-order valence-corrected chi connectivity index (χ2v) is 8.59. The number of carbonyl (C=O) groups excluding carboxylic acids is 1. The lowest BCUT2D eigenvalue weighted by Gasteiger charge is -2.34. The third-order valence-corrected chi connectivity index (χ3v) is 6.04. The van der Waals surface area contributed by atoms with E-state index in [1.807, 2.05) is 6.92 Å². The summed E-state index contributed by atoms with van der Waals surface area (Å²) in [5.41, 5.74) is 0.467. The standard InChI is InChI=1S/C15H21NO4S2/c1-3-8-20-13-6-4-5-12(10-13)15(17)16-7-9-21-11-14(16)22(2,18)19/h4-6,10,14H,3,7-9,11H2,1-2H3. The van der Waals surface area contributed by atoms with Crippen LogP contribution in [-0.2, 0) is 9.84 Å². The zero-order valence-corrected chi connectivity index (χ0v) is 14.5. The van der Waals surface area contributed by atoms with Gasteiger partial charge in [-0.15, -0.1) is 0 Å². The maximum absolute atomic E-state index is 12.7. The fourth-order valence-corrected chi connectivity index (χ4v) is 5.09. The molecule has 1 fully saturated rings. The highest BCUT2D eigenvalue weighted by atomic mass is 32.2. The highest BCUT2D eigenvalue weighted by Gasteiger charge is 2.34. The molecule has 0 radical (unpaired) electrons. The normalized spacial score (nSPS) is 19.0. The lowest BCUT2D eigenvalue weighted by atomic mass is 10.2. The van der Waals surface area contributed by atoms with Crippen molar-refractivity contribution in [2.45, 2.75) is 18.7 Å². The van der Waals surface area contributed by atoms with E-state index in [1.165, 1.54) is 11.2 Å². The Labute approximate surface area is 135 Å². The Hall–Kier alpha value is -1.21. The van der Waals surface area contributed by atoms with Crippen LogP contribution >= 0.6 is 11.8 Å². The minimum atomic E-state index is -3.30. The summed E-state index contributed by atoms with van der Waals surface area (Å²) in [4.78, 5) is 14.1. The molecule has 1 atom stereocenters. The van der Waals surface area contributed by atoms with Crippen LogP contribution in [0.2, 0.25) is 0 Å². The van der Waals surface area contributed by atoms with Crippen LogP contribution < -0.4 is 4.74 Å². The predicted molar refractivity (Wildman–Crippen MR) is 89.2 cm³/mol. The van der Waals surface area contributed by atoms with E-state index in [9.17, 15) is 13.2 Å². The molecule has 0 N–H and O–H groups in total. The van der Waals surface area contributed by atoms with Crippen LogP contribution in [0.5, 0.6) is 5.75 Å². The van der Waals surface area contributed by atoms with Crippen LogP contribution in [0, 0.1) is 0 Å². The van der Waals surface area contributed by atoms with Crippen molar-refractivity contribution in [3.05, 3.63) is 29.8 Å². The van der Waals surface area contributed by atoms with E-state index in [2.05, 4.69) is 0 Å². The van der Waals surface area contributed by atoms with Gasteiger partial charge < -0.3 is 9.64 Å². The van der Waals surface area contributed by atoms with Crippen LogP contribution in [0.15, 0.2) is 24.3 Å². The Morgan fingerprint density at radius 3 is 2.91 bits per heavy atom. The van der Waals surface area contributed by atoms with Gasteiger partial charge in [0.1, 0.15) is 11.1 Å². The summed E-state index contributed by atoms with van der Waals surface area (Å²) in [6.45, 7) is 3.04. The van der Waals surface area contributed by atoms with Gasteiger partial charge in [0, 0.05) is 29.9 Å². The Bertz CT molecular complexity index is 630. The molecule has 2 rings (SSSR count). The molecule has 1 aromatic carbocycles. The first-order valence-electron chi connectivity index (χ1n) is 7.24. The second kappa shape index (κ2) is 7.37. The SMILES string of the molecule is CCCOc1cccc(C(=O)N2CCSCC2S(C)(=O)=O)c1. The van der Waals surface area contributed by atoms with Crippen molar-refractivity contribution in [3.63, 3.8) is 0 Å². The van der Waals surface area contributed by atoms with Crippen molar-refractivity contribution in [3.8, 4) is 5.75 Å². The number of nitrogens with zero attached hydrogens (tertiary/aromatic N) is 1. The second-order valence-electron chi connectivity index (χ2n) is 5.23. The van der Waals surface area contributed by atoms with Crippen molar-refractivity contribution in [1.82, 2.24) is 4.90 Å². The van der Waals surface area contributed by atoms with Crippen molar-refractivity contribution < 1.29 is 17.9 Å². The summed E-state index contributed by atoms with van der Waals surface area (Å²) < 4.78 is 29.4. The van der Waals surface area contributed by atoms with Gasteiger partial charge in [-0.3, -0.25) is 4.79 Å². The first-order chi connectivity index (χ1) is 10.4. The van der Waals surface area contributed by atoms with Gasteiger partial charge in [0.2, 0.25) is 0 Å². The number of benzene rings is 1. The van der Waals surface area contributed by atoms with E-state index in [4.69, 9.17) is 4.74 Å². The molecule has 0 bridgehead atoms. The third kappa shape index (κ3) is 4.16. The van der Waals surface area contributed by atoms with Crippen LogP contribution in [0.25, 0.3) is 0 Å². The molecule has 122 valence electrons. The van der Waals surface area contributed by atoms with Crippen LogP contribution in [0.4, 0.5) is 0 Å². The summed E-state index contributed by atoms with van der Waals surface area (Å²) in [6.07, 6.45) is 2.07. The Balaban J connectivity index is 2.22. The molecule has 1 heterocycles. The number of hydrogen-bond acceptors (Lipinski definition) is 5. The molecule has 0 aliphatic carbocycles. The summed E-state index contributed by atoms with van der Waals surface area (Å²) in [5, 5.41) is -0.751. The average molecular weight is 343 g/mol. The van der Waals surface area contributed by atoms with Gasteiger partial charge in [-0.2, -0.15) is 11.8 Å². The summed E-state index contributed by atoms with van der Waals surface area (Å²) in [6, 6.07) is 6.93. The molecule has 7 heteroatoms. The number of carbonyl (C=O) groups is 1. The van der Waals surface area contributed by atoms with E-state index in [0.717, 1.165) is 12.2 Å². The van der Waals surface area contributed by atoms with Crippen LogP contribution in [0.3, 0.4) is 0 Å². The molecule has 1 saturated heterocycles. The molecular weight excluding hydrogens is 322 g/mol. The maximum Gasteiger partial charge on any atom is 0.255 e. The lowest BCUT2D eigenvalue weighted by Crippen LogP contribution is -2.49. The Morgan fingerprint density at radius 2 is 2.23 bits per heavy atom. The van der Waals surface area contributed by atoms with Crippen LogP contribution in [-0.4, -0.2) is 55.5 Å². The molecule has 22 heavy (non-hydrogen) atoms. The van der Waals surface area contributed by atoms with Crippen molar-refractivity contribution in [2.75, 3.05) is 30.9 Å². The largest absolute Gasteiger partial charge is 0.494 e.